The molecule has 0 atom stereocenters. The molecule has 0 heterocycles. The van der Waals surface area contributed by atoms with E-state index in [1.807, 2.05) is 26.0 Å². The van der Waals surface area contributed by atoms with Crippen molar-refractivity contribution in [1.82, 2.24) is 0 Å². The third kappa shape index (κ3) is 3.52. The van der Waals surface area contributed by atoms with E-state index in [0.29, 0.717) is 11.1 Å². The number of carbonyl (C=O) groups is 2. The Balaban J connectivity index is 2.06. The maximum Gasteiger partial charge on any atom is 0.386 e. The lowest BCUT2D eigenvalue weighted by molar-refractivity contribution is -0.187. The predicted octanol–water partition coefficient (Wildman–Crippen LogP) is 3.85. The molecule has 0 aromatic heterocycles. The third-order valence-electron chi connectivity index (χ3n) is 3.40. The van der Waals surface area contributed by atoms with Crippen molar-refractivity contribution in [1.29, 1.82) is 0 Å². The van der Waals surface area contributed by atoms with Gasteiger partial charge in [0.15, 0.2) is 0 Å². The molecule has 0 aliphatic rings. The molecule has 0 spiro atoms. The Morgan fingerprint density at radius 1 is 0.682 bits per heavy atom. The molecule has 0 radical (unpaired) electrons. The second kappa shape index (κ2) is 6.43. The van der Waals surface area contributed by atoms with E-state index in [0.717, 1.165) is 22.3 Å². The summed E-state index contributed by atoms with van der Waals surface area (Å²) in [6.07, 6.45) is 0. The topological polar surface area (TPSA) is 52.6 Å². The Labute approximate surface area is 129 Å². The normalized spacial score (nSPS) is 10.2. The van der Waals surface area contributed by atoms with Gasteiger partial charge in [-0.2, -0.15) is 0 Å². The van der Waals surface area contributed by atoms with Crippen molar-refractivity contribution in [3.8, 4) is 0 Å². The van der Waals surface area contributed by atoms with Gasteiger partial charge >= 0.3 is 11.9 Å². The lowest BCUT2D eigenvalue weighted by Crippen LogP contribution is -2.13. The lowest BCUT2D eigenvalue weighted by atomic mass is 10.1. The van der Waals surface area contributed by atoms with Crippen LogP contribution in [0.1, 0.15) is 43.0 Å². The second-order valence-electron chi connectivity index (χ2n) is 5.38. The van der Waals surface area contributed by atoms with Gasteiger partial charge in [-0.15, -0.1) is 0 Å². The summed E-state index contributed by atoms with van der Waals surface area (Å²) in [5.74, 6) is -1.37. The zero-order valence-corrected chi connectivity index (χ0v) is 13.1. The summed E-state index contributed by atoms with van der Waals surface area (Å²) in [7, 11) is 0. The van der Waals surface area contributed by atoms with Crippen LogP contribution < -0.4 is 0 Å². The lowest BCUT2D eigenvalue weighted by Gasteiger charge is -2.08. The molecule has 0 aliphatic carbocycles. The fourth-order valence-corrected chi connectivity index (χ4v) is 2.25. The highest BCUT2D eigenvalue weighted by atomic mass is 17.2. The van der Waals surface area contributed by atoms with E-state index in [9.17, 15) is 9.59 Å². The highest BCUT2D eigenvalue weighted by molar-refractivity contribution is 5.93. The van der Waals surface area contributed by atoms with Crippen molar-refractivity contribution in [3.05, 3.63) is 69.8 Å². The molecule has 0 fully saturated rings. The highest BCUT2D eigenvalue weighted by Gasteiger charge is 2.17. The van der Waals surface area contributed by atoms with Crippen LogP contribution in [0.4, 0.5) is 0 Å². The van der Waals surface area contributed by atoms with Crippen LogP contribution in [-0.4, -0.2) is 11.9 Å². The van der Waals surface area contributed by atoms with Gasteiger partial charge < -0.3 is 0 Å². The largest absolute Gasteiger partial charge is 0.386 e. The quantitative estimate of drug-likeness (QED) is 0.624. The number of hydrogen-bond acceptors (Lipinski definition) is 4. The highest BCUT2D eigenvalue weighted by Crippen LogP contribution is 2.14. The van der Waals surface area contributed by atoms with Crippen LogP contribution in [0.25, 0.3) is 0 Å². The summed E-state index contributed by atoms with van der Waals surface area (Å²) < 4.78 is 0. The van der Waals surface area contributed by atoms with Gasteiger partial charge in [-0.1, -0.05) is 35.4 Å². The summed E-state index contributed by atoms with van der Waals surface area (Å²) in [5, 5.41) is 0. The Kier molecular flexibility index (Phi) is 4.61. The van der Waals surface area contributed by atoms with Crippen LogP contribution in [0.3, 0.4) is 0 Å². The number of hydrogen-bond donors (Lipinski definition) is 0. The monoisotopic (exact) mass is 298 g/mol. The Hall–Kier alpha value is -2.62. The zero-order valence-electron chi connectivity index (χ0n) is 13.1. The molecule has 0 N–H and O–H groups in total. The first kappa shape index (κ1) is 15.8. The minimum atomic E-state index is -0.685. The van der Waals surface area contributed by atoms with E-state index in [2.05, 4.69) is 9.78 Å². The SMILES string of the molecule is Cc1ccc(C(=O)OOC(=O)c2ccc(C)cc2C)c(C)c1. The number of rotatable bonds is 2. The molecule has 0 saturated carbocycles. The van der Waals surface area contributed by atoms with Gasteiger partial charge in [-0.05, 0) is 51.0 Å². The maximum absolute atomic E-state index is 12.0. The van der Waals surface area contributed by atoms with Gasteiger partial charge in [0.05, 0.1) is 11.1 Å². The standard InChI is InChI=1S/C18H18O4/c1-11-5-7-15(13(3)9-11)17(19)21-22-18(20)16-8-6-12(2)10-14(16)4/h5-10H,1-4H3. The summed E-state index contributed by atoms with van der Waals surface area (Å²) >= 11 is 0. The van der Waals surface area contributed by atoms with Crippen molar-refractivity contribution < 1.29 is 19.4 Å². The maximum atomic E-state index is 12.0. The van der Waals surface area contributed by atoms with Crippen molar-refractivity contribution in [2.75, 3.05) is 0 Å². The number of carbonyl (C=O) groups excluding carboxylic acids is 2. The van der Waals surface area contributed by atoms with Crippen LogP contribution in [0.2, 0.25) is 0 Å². The Morgan fingerprint density at radius 3 is 1.36 bits per heavy atom. The molecule has 2 aromatic carbocycles. The minimum absolute atomic E-state index is 0.374. The van der Waals surface area contributed by atoms with Crippen LogP contribution in [0, 0.1) is 27.7 Å². The van der Waals surface area contributed by atoms with Crippen molar-refractivity contribution in [2.45, 2.75) is 27.7 Å². The summed E-state index contributed by atoms with van der Waals surface area (Å²) in [5.41, 5.74) is 4.38. The molecule has 2 aromatic rings. The van der Waals surface area contributed by atoms with Crippen LogP contribution in [0.15, 0.2) is 36.4 Å². The molecular formula is C18H18O4. The van der Waals surface area contributed by atoms with E-state index in [1.165, 1.54) is 0 Å². The predicted molar refractivity (Wildman–Crippen MR) is 82.7 cm³/mol. The minimum Gasteiger partial charge on any atom is -0.241 e. The van der Waals surface area contributed by atoms with Crippen LogP contribution in [0.5, 0.6) is 0 Å². The van der Waals surface area contributed by atoms with Gasteiger partial charge in [-0.3, -0.25) is 0 Å². The Bertz CT molecular complexity index is 668. The third-order valence-corrected chi connectivity index (χ3v) is 3.40. The number of benzene rings is 2. The van der Waals surface area contributed by atoms with Gasteiger partial charge in [0.1, 0.15) is 0 Å². The molecular weight excluding hydrogens is 280 g/mol. The molecule has 4 heteroatoms. The molecule has 0 bridgehead atoms. The van der Waals surface area contributed by atoms with Gasteiger partial charge in [-0.25, -0.2) is 19.4 Å². The zero-order chi connectivity index (χ0) is 16.3. The molecule has 114 valence electrons. The van der Waals surface area contributed by atoms with Gasteiger partial charge in [0.2, 0.25) is 0 Å². The van der Waals surface area contributed by atoms with E-state index < -0.39 is 11.9 Å². The van der Waals surface area contributed by atoms with Gasteiger partial charge in [0.25, 0.3) is 0 Å². The summed E-state index contributed by atoms with van der Waals surface area (Å²) in [6, 6.07) is 10.6. The molecule has 0 aliphatic heterocycles. The molecule has 0 unspecified atom stereocenters. The smallest absolute Gasteiger partial charge is 0.241 e. The summed E-state index contributed by atoms with van der Waals surface area (Å²) in [6.45, 7) is 7.47. The van der Waals surface area contributed by atoms with Crippen LogP contribution in [-0.2, 0) is 9.78 Å². The van der Waals surface area contributed by atoms with Crippen molar-refractivity contribution in [3.63, 3.8) is 0 Å². The fraction of sp³-hybridized carbons (Fsp3) is 0.222. The van der Waals surface area contributed by atoms with E-state index in [4.69, 9.17) is 0 Å². The fourth-order valence-electron chi connectivity index (χ4n) is 2.25. The molecule has 4 nitrogen and oxygen atoms in total. The first-order valence-corrected chi connectivity index (χ1v) is 6.96. The van der Waals surface area contributed by atoms with Crippen molar-refractivity contribution >= 4 is 11.9 Å². The summed E-state index contributed by atoms with van der Waals surface area (Å²) in [4.78, 5) is 33.2. The number of aryl methyl sites for hydroxylation is 4. The van der Waals surface area contributed by atoms with Crippen molar-refractivity contribution in [2.24, 2.45) is 0 Å². The molecule has 0 amide bonds. The average molecular weight is 298 g/mol. The van der Waals surface area contributed by atoms with E-state index in [1.54, 1.807) is 38.1 Å². The molecule has 2 rings (SSSR count). The first-order chi connectivity index (χ1) is 10.4. The second-order valence-corrected chi connectivity index (χ2v) is 5.38. The van der Waals surface area contributed by atoms with E-state index in [-0.39, 0.29) is 0 Å². The molecule has 22 heavy (non-hydrogen) atoms. The first-order valence-electron chi connectivity index (χ1n) is 6.96. The van der Waals surface area contributed by atoms with E-state index >= 15 is 0 Å². The van der Waals surface area contributed by atoms with Gasteiger partial charge in [0, 0.05) is 0 Å². The average Bonchev–Trinajstić information content (AvgIpc) is 2.44. The van der Waals surface area contributed by atoms with Crippen LogP contribution >= 0.6 is 0 Å². The Morgan fingerprint density at radius 2 is 1.05 bits per heavy atom. The molecule has 0 saturated heterocycles.